The first-order valence-corrected chi connectivity index (χ1v) is 10.3. The van der Waals surface area contributed by atoms with Crippen molar-refractivity contribution >= 4 is 21.7 Å². The molecule has 0 bridgehead atoms. The third-order valence-corrected chi connectivity index (χ3v) is 6.14. The van der Waals surface area contributed by atoms with E-state index in [9.17, 15) is 18.0 Å². The van der Waals surface area contributed by atoms with Crippen LogP contribution in [-0.4, -0.2) is 46.0 Å². The second-order valence-corrected chi connectivity index (χ2v) is 8.57. The van der Waals surface area contributed by atoms with Gasteiger partial charge in [-0.3, -0.25) is 20.4 Å². The van der Waals surface area contributed by atoms with Gasteiger partial charge in [-0.15, -0.1) is 6.58 Å². The molecule has 0 aliphatic carbocycles. The molecule has 1 aliphatic heterocycles. The summed E-state index contributed by atoms with van der Waals surface area (Å²) in [5.74, 6) is -0.146. The van der Waals surface area contributed by atoms with Gasteiger partial charge in [-0.05, 0) is 30.9 Å². The van der Waals surface area contributed by atoms with E-state index in [0.29, 0.717) is 24.3 Å². The van der Waals surface area contributed by atoms with Crippen LogP contribution in [0.25, 0.3) is 0 Å². The van der Waals surface area contributed by atoms with Crippen molar-refractivity contribution in [2.24, 2.45) is 5.92 Å². The van der Waals surface area contributed by atoms with Gasteiger partial charge in [0.25, 0.3) is 5.91 Å². The van der Waals surface area contributed by atoms with Crippen molar-refractivity contribution in [3.8, 4) is 11.5 Å². The van der Waals surface area contributed by atoms with E-state index in [-0.39, 0.29) is 29.4 Å². The van der Waals surface area contributed by atoms with E-state index < -0.39 is 21.7 Å². The minimum absolute atomic E-state index is 0.00889. The molecule has 148 valence electrons. The van der Waals surface area contributed by atoms with Gasteiger partial charge >= 0.3 is 0 Å². The van der Waals surface area contributed by atoms with Crippen molar-refractivity contribution in [1.82, 2.24) is 10.9 Å². The Morgan fingerprint density at radius 2 is 2.00 bits per heavy atom. The Morgan fingerprint density at radius 3 is 2.56 bits per heavy atom. The van der Waals surface area contributed by atoms with Gasteiger partial charge in [0.15, 0.2) is 21.3 Å². The number of nitrogens with one attached hydrogen (secondary N) is 2. The SMILES string of the molecule is C=CCc1cc(C(=O)NNC(=O)CC2CCS(=O)(=O)C2)cc(OC)c1OC. The van der Waals surface area contributed by atoms with Crippen molar-refractivity contribution in [2.45, 2.75) is 19.3 Å². The third kappa shape index (κ3) is 5.46. The highest BCUT2D eigenvalue weighted by molar-refractivity contribution is 7.91. The standard InChI is InChI=1S/C18H24N2O6S/c1-4-5-13-9-14(10-15(25-2)17(13)26-3)18(22)20-19-16(21)8-12-6-7-27(23,24)11-12/h4,9-10,12H,1,5-8,11H2,2-3H3,(H,19,21)(H,20,22). The number of rotatable bonds is 7. The molecular weight excluding hydrogens is 372 g/mol. The van der Waals surface area contributed by atoms with Gasteiger partial charge in [-0.2, -0.15) is 0 Å². The maximum Gasteiger partial charge on any atom is 0.269 e. The molecule has 1 atom stereocenters. The molecule has 2 N–H and O–H groups in total. The predicted molar refractivity (Wildman–Crippen MR) is 100 cm³/mol. The highest BCUT2D eigenvalue weighted by Crippen LogP contribution is 2.33. The van der Waals surface area contributed by atoms with Crippen LogP contribution in [0.2, 0.25) is 0 Å². The molecule has 1 heterocycles. The van der Waals surface area contributed by atoms with Crippen LogP contribution in [0.15, 0.2) is 24.8 Å². The molecular formula is C18H24N2O6S. The van der Waals surface area contributed by atoms with E-state index in [0.717, 1.165) is 5.56 Å². The molecule has 0 radical (unpaired) electrons. The lowest BCUT2D eigenvalue weighted by Gasteiger charge is -2.15. The van der Waals surface area contributed by atoms with Crippen LogP contribution >= 0.6 is 0 Å². The normalized spacial score (nSPS) is 17.8. The monoisotopic (exact) mass is 396 g/mol. The Balaban J connectivity index is 2.01. The summed E-state index contributed by atoms with van der Waals surface area (Å²) >= 11 is 0. The minimum Gasteiger partial charge on any atom is -0.493 e. The van der Waals surface area contributed by atoms with Gasteiger partial charge in [0.1, 0.15) is 0 Å². The first-order valence-electron chi connectivity index (χ1n) is 8.45. The molecule has 8 nitrogen and oxygen atoms in total. The lowest BCUT2D eigenvalue weighted by atomic mass is 10.0. The number of amides is 2. The molecule has 1 aromatic carbocycles. The number of sulfone groups is 1. The minimum atomic E-state index is -3.04. The van der Waals surface area contributed by atoms with Gasteiger partial charge < -0.3 is 9.47 Å². The molecule has 2 amide bonds. The number of allylic oxidation sites excluding steroid dienone is 1. The van der Waals surface area contributed by atoms with Gasteiger partial charge in [0, 0.05) is 17.5 Å². The topological polar surface area (TPSA) is 111 Å². The fourth-order valence-corrected chi connectivity index (χ4v) is 4.89. The van der Waals surface area contributed by atoms with Crippen molar-refractivity contribution in [3.63, 3.8) is 0 Å². The van der Waals surface area contributed by atoms with Crippen molar-refractivity contribution in [2.75, 3.05) is 25.7 Å². The Morgan fingerprint density at radius 1 is 1.26 bits per heavy atom. The third-order valence-electron chi connectivity index (χ3n) is 4.30. The van der Waals surface area contributed by atoms with Gasteiger partial charge in [0.2, 0.25) is 5.91 Å². The summed E-state index contributed by atoms with van der Waals surface area (Å²) in [6.45, 7) is 3.68. The summed E-state index contributed by atoms with van der Waals surface area (Å²) in [5, 5.41) is 0. The molecule has 1 saturated heterocycles. The van der Waals surface area contributed by atoms with Crippen LogP contribution in [0, 0.1) is 5.92 Å². The summed E-state index contributed by atoms with van der Waals surface area (Å²) in [7, 11) is -0.0666. The first kappa shape index (κ1) is 20.8. The molecule has 1 fully saturated rings. The summed E-state index contributed by atoms with van der Waals surface area (Å²) in [6, 6.07) is 3.14. The summed E-state index contributed by atoms with van der Waals surface area (Å²) < 4.78 is 33.5. The largest absolute Gasteiger partial charge is 0.493 e. The lowest BCUT2D eigenvalue weighted by molar-refractivity contribution is -0.122. The Kier molecular flexibility index (Phi) is 6.84. The number of hydrazine groups is 1. The van der Waals surface area contributed by atoms with Crippen molar-refractivity contribution < 1.29 is 27.5 Å². The van der Waals surface area contributed by atoms with Gasteiger partial charge in [0.05, 0.1) is 25.7 Å². The van der Waals surface area contributed by atoms with E-state index in [4.69, 9.17) is 9.47 Å². The number of ether oxygens (including phenoxy) is 2. The number of hydrogen-bond acceptors (Lipinski definition) is 6. The summed E-state index contributed by atoms with van der Waals surface area (Å²) in [4.78, 5) is 24.3. The van der Waals surface area contributed by atoms with Crippen LogP contribution in [0.5, 0.6) is 11.5 Å². The second kappa shape index (κ2) is 8.90. The number of methoxy groups -OCH3 is 2. The van der Waals surface area contributed by atoms with E-state index in [1.807, 2.05) is 0 Å². The average Bonchev–Trinajstić information content (AvgIpc) is 2.97. The highest BCUT2D eigenvalue weighted by atomic mass is 32.2. The Bertz CT molecular complexity index is 834. The zero-order valence-electron chi connectivity index (χ0n) is 15.4. The van der Waals surface area contributed by atoms with Gasteiger partial charge in [-0.25, -0.2) is 8.42 Å². The highest BCUT2D eigenvalue weighted by Gasteiger charge is 2.29. The summed E-state index contributed by atoms with van der Waals surface area (Å²) in [5.41, 5.74) is 5.68. The fraction of sp³-hybridized carbons (Fsp3) is 0.444. The molecule has 0 saturated carbocycles. The van der Waals surface area contributed by atoms with Crippen LogP contribution in [0.4, 0.5) is 0 Å². The Labute approximate surface area is 158 Å². The average molecular weight is 396 g/mol. The fourth-order valence-electron chi connectivity index (χ4n) is 3.03. The molecule has 1 unspecified atom stereocenters. The molecule has 0 spiro atoms. The van der Waals surface area contributed by atoms with Crippen LogP contribution < -0.4 is 20.3 Å². The molecule has 1 aromatic rings. The van der Waals surface area contributed by atoms with Crippen LogP contribution in [0.1, 0.15) is 28.8 Å². The number of carbonyl (C=O) groups excluding carboxylic acids is 2. The molecule has 2 rings (SSSR count). The van der Waals surface area contributed by atoms with E-state index in [1.54, 1.807) is 12.1 Å². The van der Waals surface area contributed by atoms with E-state index >= 15 is 0 Å². The number of carbonyl (C=O) groups is 2. The first-order chi connectivity index (χ1) is 12.8. The zero-order chi connectivity index (χ0) is 20.0. The van der Waals surface area contributed by atoms with E-state index in [2.05, 4.69) is 17.4 Å². The molecule has 27 heavy (non-hydrogen) atoms. The molecule has 1 aliphatic rings. The van der Waals surface area contributed by atoms with Gasteiger partial charge in [-0.1, -0.05) is 6.08 Å². The maximum atomic E-state index is 12.4. The van der Waals surface area contributed by atoms with Crippen molar-refractivity contribution in [1.29, 1.82) is 0 Å². The van der Waals surface area contributed by atoms with Crippen molar-refractivity contribution in [3.05, 3.63) is 35.9 Å². The Hall–Kier alpha value is -2.55. The van der Waals surface area contributed by atoms with E-state index in [1.165, 1.54) is 20.3 Å². The number of hydrogen-bond donors (Lipinski definition) is 2. The number of benzene rings is 1. The predicted octanol–water partition coefficient (Wildman–Crippen LogP) is 1.02. The summed E-state index contributed by atoms with van der Waals surface area (Å²) in [6.07, 6.45) is 2.66. The molecule has 9 heteroatoms. The van der Waals surface area contributed by atoms with Crippen LogP contribution in [-0.2, 0) is 21.1 Å². The quantitative estimate of drug-likeness (QED) is 0.526. The lowest BCUT2D eigenvalue weighted by Crippen LogP contribution is -2.42. The maximum absolute atomic E-state index is 12.4. The zero-order valence-corrected chi connectivity index (χ0v) is 16.2. The van der Waals surface area contributed by atoms with Crippen LogP contribution in [0.3, 0.4) is 0 Å². The second-order valence-electron chi connectivity index (χ2n) is 6.34. The molecule has 0 aromatic heterocycles. The smallest absolute Gasteiger partial charge is 0.269 e.